The van der Waals surface area contributed by atoms with Gasteiger partial charge in [-0.1, -0.05) is 12.1 Å². The lowest BCUT2D eigenvalue weighted by molar-refractivity contribution is -0.193. The summed E-state index contributed by atoms with van der Waals surface area (Å²) < 4.78 is 63.5. The first-order chi connectivity index (χ1) is 16.8. The van der Waals surface area contributed by atoms with Crippen LogP contribution >= 0.6 is 0 Å². The quantitative estimate of drug-likeness (QED) is 0.380. The van der Waals surface area contributed by atoms with Crippen molar-refractivity contribution in [2.75, 3.05) is 24.5 Å². The van der Waals surface area contributed by atoms with E-state index < -0.39 is 24.3 Å². The van der Waals surface area contributed by atoms with Crippen molar-refractivity contribution in [2.45, 2.75) is 18.4 Å². The summed E-state index contributed by atoms with van der Waals surface area (Å²) >= 11 is 0. The number of carbonyl (C=O) groups is 2. The molecule has 0 radical (unpaired) electrons. The number of halogens is 6. The second kappa shape index (κ2) is 10.4. The minimum atomic E-state index is -5.08. The van der Waals surface area contributed by atoms with Crippen molar-refractivity contribution in [3.05, 3.63) is 48.9 Å². The number of rotatable bonds is 2. The first kappa shape index (κ1) is 26.8. The van der Waals surface area contributed by atoms with Gasteiger partial charge in [-0.05, 0) is 29.1 Å². The van der Waals surface area contributed by atoms with Crippen LogP contribution in [0.25, 0.3) is 22.0 Å². The molecule has 14 heteroatoms. The molecule has 0 saturated carbocycles. The van der Waals surface area contributed by atoms with Crippen LogP contribution in [0.3, 0.4) is 0 Å². The molecule has 194 valence electrons. The highest BCUT2D eigenvalue weighted by molar-refractivity contribution is 5.85. The predicted octanol–water partition coefficient (Wildman–Crippen LogP) is 3.90. The highest BCUT2D eigenvalue weighted by atomic mass is 19.4. The zero-order valence-corrected chi connectivity index (χ0v) is 18.3. The van der Waals surface area contributed by atoms with Gasteiger partial charge < -0.3 is 25.4 Å². The number of anilines is 1. The number of nitrogens with zero attached hydrogens (tertiary/aromatic N) is 2. The lowest BCUT2D eigenvalue weighted by Gasteiger charge is -2.45. The first-order valence-corrected chi connectivity index (χ1v) is 10.4. The van der Waals surface area contributed by atoms with Crippen LogP contribution in [0.5, 0.6) is 0 Å². The number of hydrogen-bond donors (Lipinski definition) is 4. The number of H-pyrrole nitrogens is 1. The Bertz CT molecular complexity index is 1200. The molecule has 2 aliphatic rings. The molecule has 2 aliphatic heterocycles. The zero-order chi connectivity index (χ0) is 26.7. The van der Waals surface area contributed by atoms with Crippen LogP contribution in [-0.2, 0) is 9.59 Å². The van der Waals surface area contributed by atoms with Gasteiger partial charge in [-0.3, -0.25) is 4.98 Å². The van der Waals surface area contributed by atoms with E-state index >= 15 is 0 Å². The average Bonchev–Trinajstić information content (AvgIpc) is 3.39. The number of pyridine rings is 1. The van der Waals surface area contributed by atoms with E-state index in [1.165, 1.54) is 27.7 Å². The lowest BCUT2D eigenvalue weighted by Crippen LogP contribution is -2.55. The fourth-order valence-corrected chi connectivity index (χ4v) is 3.79. The lowest BCUT2D eigenvalue weighted by atomic mass is 9.91. The Morgan fingerprint density at radius 2 is 1.56 bits per heavy atom. The third-order valence-corrected chi connectivity index (χ3v) is 5.56. The molecule has 36 heavy (non-hydrogen) atoms. The Morgan fingerprint density at radius 1 is 0.917 bits per heavy atom. The second-order valence-electron chi connectivity index (χ2n) is 7.96. The number of aliphatic carboxylic acids is 2. The van der Waals surface area contributed by atoms with E-state index in [1.807, 2.05) is 18.6 Å². The van der Waals surface area contributed by atoms with Gasteiger partial charge in [0.1, 0.15) is 0 Å². The number of nitrogens with one attached hydrogen (secondary N) is 2. The van der Waals surface area contributed by atoms with Gasteiger partial charge in [-0.2, -0.15) is 26.3 Å². The monoisotopic (exact) mass is 518 g/mol. The topological polar surface area (TPSA) is 119 Å². The SMILES string of the molecule is O=C(O)C(F)(F)F.O=C(O)C(F)(F)F.c1cc2ccc(-c3cncc(N4C[C@H]5CNC[C@H]54)c3)cc2[nH]1. The van der Waals surface area contributed by atoms with Crippen molar-refractivity contribution in [3.8, 4) is 11.1 Å². The molecule has 0 bridgehead atoms. The minimum absolute atomic E-state index is 0.655. The molecule has 0 amide bonds. The molecule has 2 fully saturated rings. The van der Waals surface area contributed by atoms with Crippen LogP contribution in [0.1, 0.15) is 0 Å². The molecule has 3 aromatic rings. The molecular formula is C22H20F6N4O4. The van der Waals surface area contributed by atoms with Crippen molar-refractivity contribution in [1.29, 1.82) is 0 Å². The molecule has 2 aromatic heterocycles. The number of hydrogen-bond acceptors (Lipinski definition) is 5. The Kier molecular flexibility index (Phi) is 7.77. The van der Waals surface area contributed by atoms with Crippen molar-refractivity contribution in [1.82, 2.24) is 15.3 Å². The summed E-state index contributed by atoms with van der Waals surface area (Å²) in [6.45, 7) is 3.42. The molecular weight excluding hydrogens is 498 g/mol. The van der Waals surface area contributed by atoms with E-state index in [0.29, 0.717) is 6.04 Å². The van der Waals surface area contributed by atoms with Crippen LogP contribution in [0.15, 0.2) is 48.9 Å². The molecule has 2 saturated heterocycles. The van der Waals surface area contributed by atoms with E-state index in [4.69, 9.17) is 19.8 Å². The number of alkyl halides is 6. The fraction of sp³-hybridized carbons (Fsp3) is 0.318. The highest BCUT2D eigenvalue weighted by Crippen LogP contribution is 2.35. The summed E-state index contributed by atoms with van der Waals surface area (Å²) in [6, 6.07) is 11.6. The molecule has 2 atom stereocenters. The van der Waals surface area contributed by atoms with Crippen molar-refractivity contribution in [3.63, 3.8) is 0 Å². The van der Waals surface area contributed by atoms with E-state index in [9.17, 15) is 26.3 Å². The third-order valence-electron chi connectivity index (χ3n) is 5.56. The van der Waals surface area contributed by atoms with E-state index in [1.54, 1.807) is 0 Å². The van der Waals surface area contributed by atoms with Gasteiger partial charge >= 0.3 is 24.3 Å². The number of carboxylic acids is 2. The molecule has 0 spiro atoms. The summed E-state index contributed by atoms with van der Waals surface area (Å²) in [4.78, 5) is 28.0. The maximum absolute atomic E-state index is 10.6. The Hall–Kier alpha value is -3.81. The van der Waals surface area contributed by atoms with Crippen molar-refractivity contribution < 1.29 is 46.1 Å². The van der Waals surface area contributed by atoms with Gasteiger partial charge in [0.15, 0.2) is 0 Å². The van der Waals surface area contributed by atoms with Crippen LogP contribution in [0.4, 0.5) is 32.0 Å². The summed E-state index contributed by atoms with van der Waals surface area (Å²) in [7, 11) is 0. The Balaban J connectivity index is 0.000000216. The zero-order valence-electron chi connectivity index (χ0n) is 18.3. The fourth-order valence-electron chi connectivity index (χ4n) is 3.79. The Labute approximate surface area is 199 Å². The summed E-state index contributed by atoms with van der Waals surface area (Å²) in [6.07, 6.45) is -4.24. The van der Waals surface area contributed by atoms with Gasteiger partial charge in [0, 0.05) is 55.1 Å². The minimum Gasteiger partial charge on any atom is -0.475 e. The molecule has 5 rings (SSSR count). The molecule has 1 aromatic carbocycles. The Morgan fingerprint density at radius 3 is 2.14 bits per heavy atom. The smallest absolute Gasteiger partial charge is 0.475 e. The maximum Gasteiger partial charge on any atom is 0.490 e. The molecule has 8 nitrogen and oxygen atoms in total. The number of benzene rings is 1. The predicted molar refractivity (Wildman–Crippen MR) is 116 cm³/mol. The van der Waals surface area contributed by atoms with E-state index in [-0.39, 0.29) is 0 Å². The normalized spacial score (nSPS) is 18.8. The number of fused-ring (bicyclic) bond motifs is 2. The summed E-state index contributed by atoms with van der Waals surface area (Å²) in [5, 5.41) is 19.0. The second-order valence-corrected chi connectivity index (χ2v) is 7.96. The summed E-state index contributed by atoms with van der Waals surface area (Å²) in [5.74, 6) is -4.70. The van der Waals surface area contributed by atoms with Crippen LogP contribution < -0.4 is 10.2 Å². The average molecular weight is 518 g/mol. The van der Waals surface area contributed by atoms with Gasteiger partial charge in [0.05, 0.1) is 11.9 Å². The number of aromatic amines is 1. The van der Waals surface area contributed by atoms with Crippen LogP contribution in [0, 0.1) is 5.92 Å². The number of aromatic nitrogens is 2. The first-order valence-electron chi connectivity index (χ1n) is 10.4. The molecule has 0 unspecified atom stereocenters. The van der Waals surface area contributed by atoms with Gasteiger partial charge in [0.2, 0.25) is 0 Å². The van der Waals surface area contributed by atoms with Gasteiger partial charge in [-0.15, -0.1) is 0 Å². The molecule has 4 heterocycles. The van der Waals surface area contributed by atoms with Crippen LogP contribution in [0.2, 0.25) is 0 Å². The number of carboxylic acid groups (broad SMARTS) is 2. The maximum atomic E-state index is 10.6. The highest BCUT2D eigenvalue weighted by Gasteiger charge is 2.42. The molecule has 4 N–H and O–H groups in total. The van der Waals surface area contributed by atoms with E-state index in [2.05, 4.69) is 50.5 Å². The summed E-state index contributed by atoms with van der Waals surface area (Å²) in [5.41, 5.74) is 4.82. The van der Waals surface area contributed by atoms with Crippen LogP contribution in [-0.4, -0.2) is 70.1 Å². The third kappa shape index (κ3) is 6.44. The van der Waals surface area contributed by atoms with Crippen molar-refractivity contribution in [2.24, 2.45) is 5.92 Å². The van der Waals surface area contributed by atoms with Crippen molar-refractivity contribution >= 4 is 28.5 Å². The largest absolute Gasteiger partial charge is 0.490 e. The standard InChI is InChI=1S/C18H18N4.2C2HF3O2/c1-2-13(6-17-12(1)3-4-21-17)14-5-16(9-19-7-14)22-11-15-8-20-10-18(15)22;2*3-2(4,5)1(6)7/h1-7,9,15,18,20-21H,8,10-11H2;2*(H,6,7)/t15-,18-;;/m1../s1. The van der Waals surface area contributed by atoms with Gasteiger partial charge in [-0.25, -0.2) is 9.59 Å². The van der Waals surface area contributed by atoms with Gasteiger partial charge in [0.25, 0.3) is 0 Å². The molecule has 0 aliphatic carbocycles. The van der Waals surface area contributed by atoms with E-state index in [0.717, 1.165) is 25.6 Å².